The molecule has 1 N–H and O–H groups in total. The average Bonchev–Trinajstić information content (AvgIpc) is 2.86. The Morgan fingerprint density at radius 2 is 1.20 bits per heavy atom. The van der Waals surface area contributed by atoms with E-state index in [1.54, 1.807) is 0 Å². The van der Waals surface area contributed by atoms with Crippen molar-refractivity contribution in [1.82, 2.24) is 0 Å². The van der Waals surface area contributed by atoms with Crippen molar-refractivity contribution in [2.75, 3.05) is 19.8 Å². The molecule has 0 spiro atoms. The van der Waals surface area contributed by atoms with Gasteiger partial charge in [-0.25, -0.2) is 0 Å². The molecular formula is C31H58O4. The molecular weight excluding hydrogens is 436 g/mol. The summed E-state index contributed by atoms with van der Waals surface area (Å²) in [6.45, 7) is 5.22. The molecule has 0 amide bonds. The van der Waals surface area contributed by atoms with Crippen molar-refractivity contribution in [2.45, 2.75) is 148 Å². The van der Waals surface area contributed by atoms with Crippen LogP contribution in [0.1, 0.15) is 142 Å². The summed E-state index contributed by atoms with van der Waals surface area (Å²) in [6, 6.07) is 0. The molecule has 4 heteroatoms. The van der Waals surface area contributed by atoms with Crippen LogP contribution in [0.3, 0.4) is 0 Å². The quantitative estimate of drug-likeness (QED) is 0.0703. The van der Waals surface area contributed by atoms with Gasteiger partial charge in [-0.15, -0.1) is 0 Å². The second-order valence-electron chi connectivity index (χ2n) is 9.82. The van der Waals surface area contributed by atoms with E-state index in [-0.39, 0.29) is 12.6 Å². The number of unbranched alkanes of at least 4 members (excludes halogenated alkanes) is 15. The van der Waals surface area contributed by atoms with Gasteiger partial charge in [-0.05, 0) is 44.9 Å². The molecule has 0 aliphatic rings. The predicted molar refractivity (Wildman–Crippen MR) is 150 cm³/mol. The highest BCUT2D eigenvalue weighted by Crippen LogP contribution is 2.11. The third kappa shape index (κ3) is 27.3. The van der Waals surface area contributed by atoms with Crippen molar-refractivity contribution in [3.05, 3.63) is 24.3 Å². The monoisotopic (exact) mass is 494 g/mol. The minimum atomic E-state index is -0.528. The first-order valence-electron chi connectivity index (χ1n) is 14.9. The number of allylic oxidation sites excluding steroid dienone is 4. The van der Waals surface area contributed by atoms with Crippen molar-refractivity contribution in [3.8, 4) is 0 Å². The van der Waals surface area contributed by atoms with E-state index in [0.717, 1.165) is 25.7 Å². The van der Waals surface area contributed by atoms with E-state index in [1.165, 1.54) is 96.3 Å². The minimum Gasteiger partial charge on any atom is -0.457 e. The van der Waals surface area contributed by atoms with Crippen LogP contribution in [0.4, 0.5) is 0 Å². The summed E-state index contributed by atoms with van der Waals surface area (Å²) in [4.78, 5) is 11.9. The van der Waals surface area contributed by atoms with Gasteiger partial charge in [0.25, 0.3) is 0 Å². The van der Waals surface area contributed by atoms with E-state index >= 15 is 0 Å². The van der Waals surface area contributed by atoms with Crippen LogP contribution < -0.4 is 0 Å². The fraction of sp³-hybridized carbons (Fsp3) is 0.839. The third-order valence-electron chi connectivity index (χ3n) is 6.28. The number of aliphatic hydroxyl groups is 1. The molecule has 0 saturated carbocycles. The Hall–Kier alpha value is -1.13. The molecule has 0 aliphatic heterocycles. The van der Waals surface area contributed by atoms with Crippen molar-refractivity contribution in [1.29, 1.82) is 0 Å². The second-order valence-corrected chi connectivity index (χ2v) is 9.82. The molecule has 1 unspecified atom stereocenters. The number of esters is 1. The number of aliphatic hydroxyl groups excluding tert-OH is 1. The molecule has 206 valence electrons. The Kier molecular flexibility index (Phi) is 28.2. The molecule has 0 heterocycles. The van der Waals surface area contributed by atoms with Gasteiger partial charge in [0.15, 0.2) is 0 Å². The van der Waals surface area contributed by atoms with E-state index in [1.807, 2.05) is 0 Å². The van der Waals surface area contributed by atoms with E-state index in [4.69, 9.17) is 9.47 Å². The largest absolute Gasteiger partial charge is 0.457 e. The van der Waals surface area contributed by atoms with Crippen molar-refractivity contribution >= 4 is 5.97 Å². The lowest BCUT2D eigenvalue weighted by molar-refractivity contribution is -0.154. The number of hydrogen-bond donors (Lipinski definition) is 1. The molecule has 0 radical (unpaired) electrons. The highest BCUT2D eigenvalue weighted by atomic mass is 16.6. The Morgan fingerprint density at radius 3 is 1.83 bits per heavy atom. The van der Waals surface area contributed by atoms with Gasteiger partial charge in [-0.2, -0.15) is 0 Å². The standard InChI is InChI=1S/C31H58O4/c1-3-5-7-9-10-11-12-13-14-15-16-17-18-19-20-21-23-25-27-34-29-30(28-32)35-31(33)26-24-22-8-6-4-2/h10-11,13-14,30,32H,3-9,12,15-29H2,1-2H3/b11-10-,14-13-. The first-order chi connectivity index (χ1) is 17.2. The van der Waals surface area contributed by atoms with Crippen LogP contribution in [-0.4, -0.2) is 37.0 Å². The lowest BCUT2D eigenvalue weighted by Crippen LogP contribution is -2.27. The maximum absolute atomic E-state index is 11.9. The summed E-state index contributed by atoms with van der Waals surface area (Å²) in [5.41, 5.74) is 0. The van der Waals surface area contributed by atoms with Crippen LogP contribution >= 0.6 is 0 Å². The normalized spacial score (nSPS) is 12.7. The van der Waals surface area contributed by atoms with E-state index in [9.17, 15) is 9.90 Å². The summed E-state index contributed by atoms with van der Waals surface area (Å²) < 4.78 is 11.0. The molecule has 0 aromatic rings. The van der Waals surface area contributed by atoms with E-state index in [2.05, 4.69) is 38.2 Å². The summed E-state index contributed by atoms with van der Waals surface area (Å²) in [5.74, 6) is -0.217. The van der Waals surface area contributed by atoms with Crippen LogP contribution in [0.2, 0.25) is 0 Å². The molecule has 0 saturated heterocycles. The highest BCUT2D eigenvalue weighted by Gasteiger charge is 2.13. The zero-order chi connectivity index (χ0) is 25.7. The lowest BCUT2D eigenvalue weighted by Gasteiger charge is -2.15. The first-order valence-corrected chi connectivity index (χ1v) is 14.9. The van der Waals surface area contributed by atoms with Gasteiger partial charge in [0.1, 0.15) is 6.10 Å². The molecule has 0 aromatic carbocycles. The van der Waals surface area contributed by atoms with Crippen LogP contribution in [0, 0.1) is 0 Å². The lowest BCUT2D eigenvalue weighted by atomic mass is 10.1. The summed E-state index contributed by atoms with van der Waals surface area (Å²) in [7, 11) is 0. The van der Waals surface area contributed by atoms with Crippen LogP contribution in [0.5, 0.6) is 0 Å². The SMILES string of the molecule is CCCCC/C=C\C/C=C\CCCCCCCCCCOCC(CO)OC(=O)CCCCCCC. The average molecular weight is 495 g/mol. The van der Waals surface area contributed by atoms with Gasteiger partial charge < -0.3 is 14.6 Å². The van der Waals surface area contributed by atoms with Gasteiger partial charge >= 0.3 is 5.97 Å². The maximum atomic E-state index is 11.9. The molecule has 0 aromatic heterocycles. The second kappa shape index (κ2) is 29.1. The van der Waals surface area contributed by atoms with Crippen LogP contribution in [-0.2, 0) is 14.3 Å². The Balaban J connectivity index is 3.40. The third-order valence-corrected chi connectivity index (χ3v) is 6.28. The Morgan fingerprint density at radius 1 is 0.686 bits per heavy atom. The zero-order valence-electron chi connectivity index (χ0n) is 23.3. The fourth-order valence-corrected chi connectivity index (χ4v) is 4.00. The zero-order valence-corrected chi connectivity index (χ0v) is 23.3. The Bertz CT molecular complexity index is 486. The molecule has 0 fully saturated rings. The van der Waals surface area contributed by atoms with Gasteiger partial charge in [-0.3, -0.25) is 4.79 Å². The smallest absolute Gasteiger partial charge is 0.306 e. The first kappa shape index (κ1) is 33.9. The number of ether oxygens (including phenoxy) is 2. The van der Waals surface area contributed by atoms with Gasteiger partial charge in [0, 0.05) is 13.0 Å². The van der Waals surface area contributed by atoms with Crippen molar-refractivity contribution in [2.24, 2.45) is 0 Å². The summed E-state index contributed by atoms with van der Waals surface area (Å²) in [5, 5.41) is 9.41. The Labute approximate surface area is 217 Å². The molecule has 1 atom stereocenters. The van der Waals surface area contributed by atoms with Gasteiger partial charge in [-0.1, -0.05) is 115 Å². The minimum absolute atomic E-state index is 0.173. The number of carbonyl (C=O) groups is 1. The van der Waals surface area contributed by atoms with Gasteiger partial charge in [0.2, 0.25) is 0 Å². The number of carbonyl (C=O) groups excluding carboxylic acids is 1. The van der Waals surface area contributed by atoms with Crippen molar-refractivity contribution in [3.63, 3.8) is 0 Å². The molecule has 0 rings (SSSR count). The molecule has 0 aliphatic carbocycles. The van der Waals surface area contributed by atoms with E-state index < -0.39 is 6.10 Å². The fourth-order valence-electron chi connectivity index (χ4n) is 4.00. The maximum Gasteiger partial charge on any atom is 0.306 e. The van der Waals surface area contributed by atoms with E-state index in [0.29, 0.717) is 19.6 Å². The molecule has 4 nitrogen and oxygen atoms in total. The predicted octanol–water partition coefficient (Wildman–Crippen LogP) is 8.86. The van der Waals surface area contributed by atoms with Gasteiger partial charge in [0.05, 0.1) is 13.2 Å². The number of rotatable bonds is 27. The molecule has 0 bridgehead atoms. The molecule has 35 heavy (non-hydrogen) atoms. The summed E-state index contributed by atoms with van der Waals surface area (Å²) >= 11 is 0. The van der Waals surface area contributed by atoms with Crippen LogP contribution in [0.25, 0.3) is 0 Å². The number of hydrogen-bond acceptors (Lipinski definition) is 4. The van der Waals surface area contributed by atoms with Crippen LogP contribution in [0.15, 0.2) is 24.3 Å². The van der Waals surface area contributed by atoms with Crippen molar-refractivity contribution < 1.29 is 19.4 Å². The highest BCUT2D eigenvalue weighted by molar-refractivity contribution is 5.69. The summed E-state index contributed by atoms with van der Waals surface area (Å²) in [6.07, 6.45) is 32.3. The topological polar surface area (TPSA) is 55.8 Å².